The van der Waals surface area contributed by atoms with E-state index in [1.165, 1.54) is 0 Å². The minimum atomic E-state index is -0.491. The first-order chi connectivity index (χ1) is 11.6. The molecule has 2 amide bonds. The van der Waals surface area contributed by atoms with Crippen molar-refractivity contribution in [3.63, 3.8) is 0 Å². The number of piperidine rings is 1. The number of likely N-dealkylation sites (tertiary alicyclic amines) is 1. The number of aromatic nitrogens is 1. The number of hydrogen-bond acceptors (Lipinski definition) is 3. The van der Waals surface area contributed by atoms with Gasteiger partial charge in [0.1, 0.15) is 5.69 Å². The molecule has 0 saturated carbocycles. The standard InChI is InChI=1S/C18H21N3O3/c22-15-8-4-11-21(13-15)18(24)19-16-9-5-10-20(17(16)23)12-14-6-2-1-3-7-14/h1-3,5-7,9-10,15,22H,4,8,11-13H2,(H,19,24). The summed E-state index contributed by atoms with van der Waals surface area (Å²) in [6, 6.07) is 12.7. The highest BCUT2D eigenvalue weighted by Crippen LogP contribution is 2.11. The van der Waals surface area contributed by atoms with Crippen LogP contribution in [0.25, 0.3) is 0 Å². The number of nitrogens with one attached hydrogen (secondary N) is 1. The zero-order valence-electron chi connectivity index (χ0n) is 13.4. The van der Waals surface area contributed by atoms with Crippen molar-refractivity contribution in [1.29, 1.82) is 0 Å². The second-order valence-corrected chi connectivity index (χ2v) is 6.01. The number of nitrogens with zero attached hydrogens (tertiary/aromatic N) is 2. The van der Waals surface area contributed by atoms with Gasteiger partial charge in [-0.3, -0.25) is 4.79 Å². The number of anilines is 1. The van der Waals surface area contributed by atoms with Crippen molar-refractivity contribution in [2.45, 2.75) is 25.5 Å². The average Bonchev–Trinajstić information content (AvgIpc) is 2.59. The van der Waals surface area contributed by atoms with Crippen molar-refractivity contribution in [1.82, 2.24) is 9.47 Å². The van der Waals surface area contributed by atoms with Gasteiger partial charge in [0, 0.05) is 19.3 Å². The largest absolute Gasteiger partial charge is 0.391 e. The minimum Gasteiger partial charge on any atom is -0.391 e. The van der Waals surface area contributed by atoms with Crippen LogP contribution in [0.4, 0.5) is 10.5 Å². The van der Waals surface area contributed by atoms with Gasteiger partial charge in [-0.1, -0.05) is 30.3 Å². The van der Waals surface area contributed by atoms with Gasteiger partial charge in [-0.15, -0.1) is 0 Å². The first-order valence-electron chi connectivity index (χ1n) is 8.11. The van der Waals surface area contributed by atoms with Gasteiger partial charge in [-0.05, 0) is 30.5 Å². The lowest BCUT2D eigenvalue weighted by Gasteiger charge is -2.30. The molecule has 2 heterocycles. The van der Waals surface area contributed by atoms with Crippen LogP contribution < -0.4 is 10.9 Å². The number of carbonyl (C=O) groups excluding carboxylic acids is 1. The van der Waals surface area contributed by atoms with Gasteiger partial charge in [0.2, 0.25) is 0 Å². The van der Waals surface area contributed by atoms with Gasteiger partial charge in [-0.2, -0.15) is 0 Å². The summed E-state index contributed by atoms with van der Waals surface area (Å²) in [6.45, 7) is 1.34. The van der Waals surface area contributed by atoms with Crippen LogP contribution in [-0.4, -0.2) is 39.8 Å². The van der Waals surface area contributed by atoms with Crippen molar-refractivity contribution in [2.75, 3.05) is 18.4 Å². The molecule has 0 spiro atoms. The number of rotatable bonds is 3. The molecule has 1 fully saturated rings. The molecule has 0 radical (unpaired) electrons. The smallest absolute Gasteiger partial charge is 0.322 e. The lowest BCUT2D eigenvalue weighted by Crippen LogP contribution is -2.45. The van der Waals surface area contributed by atoms with E-state index in [4.69, 9.17) is 0 Å². The summed E-state index contributed by atoms with van der Waals surface area (Å²) < 4.78 is 1.57. The second kappa shape index (κ2) is 7.31. The van der Waals surface area contributed by atoms with Gasteiger partial charge < -0.3 is 19.9 Å². The zero-order valence-corrected chi connectivity index (χ0v) is 13.4. The average molecular weight is 327 g/mol. The number of aliphatic hydroxyl groups is 1. The molecule has 2 aromatic rings. The predicted octanol–water partition coefficient (Wildman–Crippen LogP) is 1.89. The number of amides is 2. The third-order valence-corrected chi connectivity index (χ3v) is 4.14. The second-order valence-electron chi connectivity index (χ2n) is 6.01. The van der Waals surface area contributed by atoms with E-state index in [0.717, 1.165) is 12.0 Å². The van der Waals surface area contributed by atoms with Crippen LogP contribution in [0.15, 0.2) is 53.5 Å². The van der Waals surface area contributed by atoms with Crippen LogP contribution in [0.5, 0.6) is 0 Å². The Kier molecular flexibility index (Phi) is 4.96. The van der Waals surface area contributed by atoms with E-state index in [1.807, 2.05) is 30.3 Å². The highest BCUT2D eigenvalue weighted by Gasteiger charge is 2.22. The topological polar surface area (TPSA) is 74.6 Å². The predicted molar refractivity (Wildman–Crippen MR) is 92.1 cm³/mol. The third-order valence-electron chi connectivity index (χ3n) is 4.14. The van der Waals surface area contributed by atoms with Gasteiger partial charge in [0.05, 0.1) is 12.6 Å². The fraction of sp³-hybridized carbons (Fsp3) is 0.333. The molecule has 1 aromatic carbocycles. The fourth-order valence-electron chi connectivity index (χ4n) is 2.87. The number of carbonyl (C=O) groups is 1. The summed E-state index contributed by atoms with van der Waals surface area (Å²) in [5.41, 5.74) is 1.02. The van der Waals surface area contributed by atoms with Crippen LogP contribution in [0.2, 0.25) is 0 Å². The maximum Gasteiger partial charge on any atom is 0.322 e. The van der Waals surface area contributed by atoms with Crippen LogP contribution in [0.3, 0.4) is 0 Å². The summed E-state index contributed by atoms with van der Waals surface area (Å²) in [5, 5.41) is 12.3. The Balaban J connectivity index is 1.73. The number of hydrogen-bond donors (Lipinski definition) is 2. The van der Waals surface area contributed by atoms with Gasteiger partial charge >= 0.3 is 6.03 Å². The summed E-state index contributed by atoms with van der Waals surface area (Å²) in [7, 11) is 0. The van der Waals surface area contributed by atoms with E-state index < -0.39 is 6.10 Å². The lowest BCUT2D eigenvalue weighted by molar-refractivity contribution is 0.0883. The SMILES string of the molecule is O=C(Nc1cccn(Cc2ccccc2)c1=O)N1CCCC(O)C1. The van der Waals surface area contributed by atoms with E-state index in [2.05, 4.69) is 5.32 Å². The van der Waals surface area contributed by atoms with Gasteiger partial charge in [0.15, 0.2) is 0 Å². The Bertz CT molecular complexity index is 758. The van der Waals surface area contributed by atoms with Crippen LogP contribution in [0.1, 0.15) is 18.4 Å². The molecule has 1 aliphatic rings. The molecular weight excluding hydrogens is 306 g/mol. The monoisotopic (exact) mass is 327 g/mol. The Morgan fingerprint density at radius 2 is 2.00 bits per heavy atom. The van der Waals surface area contributed by atoms with Crippen molar-refractivity contribution >= 4 is 11.7 Å². The highest BCUT2D eigenvalue weighted by molar-refractivity contribution is 5.89. The van der Waals surface area contributed by atoms with Crippen molar-refractivity contribution < 1.29 is 9.90 Å². The van der Waals surface area contributed by atoms with E-state index in [-0.39, 0.29) is 17.3 Å². The Labute approximate surface area is 140 Å². The van der Waals surface area contributed by atoms with Crippen molar-refractivity contribution in [3.05, 3.63) is 64.6 Å². The Morgan fingerprint density at radius 3 is 2.75 bits per heavy atom. The molecular formula is C18H21N3O3. The lowest BCUT2D eigenvalue weighted by atomic mass is 10.1. The summed E-state index contributed by atoms with van der Waals surface area (Å²) >= 11 is 0. The molecule has 6 nitrogen and oxygen atoms in total. The maximum atomic E-state index is 12.5. The van der Waals surface area contributed by atoms with Gasteiger partial charge in [-0.25, -0.2) is 4.79 Å². The molecule has 1 unspecified atom stereocenters. The number of β-amino-alcohol motifs (C(OH)–C–C–N with tert-alkyl or cyclic N) is 1. The van der Waals surface area contributed by atoms with Crippen molar-refractivity contribution in [2.24, 2.45) is 0 Å². The number of aliphatic hydroxyl groups excluding tert-OH is 1. The first-order valence-corrected chi connectivity index (χ1v) is 8.11. The maximum absolute atomic E-state index is 12.5. The molecule has 6 heteroatoms. The minimum absolute atomic E-state index is 0.243. The Hall–Kier alpha value is -2.60. The normalized spacial score (nSPS) is 17.5. The summed E-state index contributed by atoms with van der Waals surface area (Å²) in [4.78, 5) is 26.4. The van der Waals surface area contributed by atoms with Crippen LogP contribution in [-0.2, 0) is 6.54 Å². The van der Waals surface area contributed by atoms with E-state index in [0.29, 0.717) is 26.1 Å². The van der Waals surface area contributed by atoms with Crippen molar-refractivity contribution in [3.8, 4) is 0 Å². The van der Waals surface area contributed by atoms with E-state index in [9.17, 15) is 14.7 Å². The molecule has 2 N–H and O–H groups in total. The number of urea groups is 1. The quantitative estimate of drug-likeness (QED) is 0.904. The molecule has 1 atom stereocenters. The van der Waals surface area contributed by atoms with Crippen LogP contribution >= 0.6 is 0 Å². The summed E-state index contributed by atoms with van der Waals surface area (Å²) in [5.74, 6) is 0. The molecule has 1 aliphatic heterocycles. The highest BCUT2D eigenvalue weighted by atomic mass is 16.3. The molecule has 24 heavy (non-hydrogen) atoms. The van der Waals surface area contributed by atoms with Crippen LogP contribution in [0, 0.1) is 0 Å². The van der Waals surface area contributed by atoms with E-state index >= 15 is 0 Å². The molecule has 0 aliphatic carbocycles. The molecule has 3 rings (SSSR count). The molecule has 0 bridgehead atoms. The summed E-state index contributed by atoms with van der Waals surface area (Å²) in [6.07, 6.45) is 2.69. The van der Waals surface area contributed by atoms with Gasteiger partial charge in [0.25, 0.3) is 5.56 Å². The number of benzene rings is 1. The molecule has 126 valence electrons. The third kappa shape index (κ3) is 3.83. The fourth-order valence-corrected chi connectivity index (χ4v) is 2.87. The molecule has 1 saturated heterocycles. The van der Waals surface area contributed by atoms with E-state index in [1.54, 1.807) is 27.8 Å². The Morgan fingerprint density at radius 1 is 1.21 bits per heavy atom. The molecule has 1 aromatic heterocycles. The first kappa shape index (κ1) is 16.3. The number of pyridine rings is 1. The zero-order chi connectivity index (χ0) is 16.9.